The second kappa shape index (κ2) is 19.2. The molecule has 0 saturated carbocycles. The van der Waals surface area contributed by atoms with E-state index in [1.807, 2.05) is 0 Å². The van der Waals surface area contributed by atoms with Crippen LogP contribution in [-0.2, 0) is 0 Å². The van der Waals surface area contributed by atoms with Crippen LogP contribution in [0.15, 0.2) is 300 Å². The molecule has 0 fully saturated rings. The lowest BCUT2D eigenvalue weighted by Gasteiger charge is -2.29. The Morgan fingerprint density at radius 2 is 0.641 bits per heavy atom. The fourth-order valence-electron chi connectivity index (χ4n) is 15.7. The van der Waals surface area contributed by atoms with E-state index in [2.05, 4.69) is 324 Å². The Morgan fingerprint density at radius 1 is 0.261 bits per heavy atom. The van der Waals surface area contributed by atoms with E-state index in [-0.39, 0.29) is 0 Å². The van der Waals surface area contributed by atoms with Gasteiger partial charge >= 0.3 is 0 Å². The molecule has 92 heavy (non-hydrogen) atoms. The van der Waals surface area contributed by atoms with Gasteiger partial charge in [0.15, 0.2) is 11.2 Å². The van der Waals surface area contributed by atoms with Crippen LogP contribution in [0, 0.1) is 13.8 Å². The van der Waals surface area contributed by atoms with Gasteiger partial charge in [-0.1, -0.05) is 224 Å². The van der Waals surface area contributed by atoms with Crippen LogP contribution in [-0.4, -0.2) is 8.80 Å². The van der Waals surface area contributed by atoms with Gasteiger partial charge in [0.2, 0.25) is 0 Å². The number of furan rings is 2. The van der Waals surface area contributed by atoms with Crippen LogP contribution >= 0.6 is 0 Å². The molecule has 0 spiro atoms. The van der Waals surface area contributed by atoms with E-state index in [1.165, 1.54) is 81.8 Å². The minimum Gasteiger partial charge on any atom is -0.454 e. The Morgan fingerprint density at radius 3 is 1.17 bits per heavy atom. The Kier molecular flexibility index (Phi) is 10.6. The molecule has 6 heterocycles. The molecule has 0 N–H and O–H groups in total. The SMILES string of the molecule is Cc1ccc2c(oc3ccccc32)c1N(c1ccc(-c2ccccc2-c2ccccc2)cc1)c1ccc2c3cccc4c5cc6c(cc5n(c2c1)c34)c1cccc2c3ccc(N(c4ccccc4-c4ccccc4)c4c(C)ccc5c4oc4ccccc45)cc3n6c21. The topological polar surface area (TPSA) is 41.6 Å². The molecule has 0 aliphatic carbocycles. The van der Waals surface area contributed by atoms with Crippen molar-refractivity contribution in [3.63, 3.8) is 0 Å². The van der Waals surface area contributed by atoms with Gasteiger partial charge in [0, 0.05) is 87.3 Å². The van der Waals surface area contributed by atoms with Gasteiger partial charge in [0.1, 0.15) is 11.2 Å². The molecule has 6 nitrogen and oxygen atoms in total. The van der Waals surface area contributed by atoms with Crippen molar-refractivity contribution < 1.29 is 8.83 Å². The first-order valence-corrected chi connectivity index (χ1v) is 31.6. The minimum absolute atomic E-state index is 0.860. The molecule has 0 aliphatic rings. The zero-order valence-corrected chi connectivity index (χ0v) is 50.3. The lowest BCUT2D eigenvalue weighted by Crippen LogP contribution is -2.13. The van der Waals surface area contributed by atoms with Gasteiger partial charge in [0.25, 0.3) is 0 Å². The largest absolute Gasteiger partial charge is 0.454 e. The summed E-state index contributed by atoms with van der Waals surface area (Å²) in [4.78, 5) is 4.87. The lowest BCUT2D eigenvalue weighted by molar-refractivity contribution is 0.668. The van der Waals surface area contributed by atoms with Gasteiger partial charge in [-0.3, -0.25) is 0 Å². The molecule has 0 atom stereocenters. The van der Waals surface area contributed by atoms with E-state index < -0.39 is 0 Å². The highest BCUT2D eigenvalue weighted by Gasteiger charge is 2.29. The summed E-state index contributed by atoms with van der Waals surface area (Å²) in [6.07, 6.45) is 0. The summed E-state index contributed by atoms with van der Waals surface area (Å²) in [5.41, 5.74) is 26.0. The zero-order valence-electron chi connectivity index (χ0n) is 50.3. The second-order valence-corrected chi connectivity index (χ2v) is 24.8. The predicted molar refractivity (Wildman–Crippen MR) is 385 cm³/mol. The number of aromatic nitrogens is 2. The van der Waals surface area contributed by atoms with Crippen molar-refractivity contribution in [3.05, 3.63) is 302 Å². The van der Waals surface area contributed by atoms with Crippen molar-refractivity contribution in [2.45, 2.75) is 13.8 Å². The normalized spacial score (nSPS) is 12.2. The molecule has 20 aromatic rings. The molecule has 0 radical (unpaired) electrons. The van der Waals surface area contributed by atoms with Gasteiger partial charge in [0.05, 0.1) is 50.2 Å². The van der Waals surface area contributed by atoms with E-state index in [9.17, 15) is 0 Å². The Hall–Kier alpha value is -12.1. The number of nitrogens with zero attached hydrogens (tertiary/aromatic N) is 4. The van der Waals surface area contributed by atoms with Crippen LogP contribution in [0.2, 0.25) is 0 Å². The van der Waals surface area contributed by atoms with Gasteiger partial charge in [-0.2, -0.15) is 0 Å². The number of rotatable bonds is 9. The molecule has 0 bridgehead atoms. The third-order valence-corrected chi connectivity index (χ3v) is 19.8. The third-order valence-electron chi connectivity index (χ3n) is 19.8. The van der Waals surface area contributed by atoms with Crippen LogP contribution in [0.3, 0.4) is 0 Å². The number of fused-ring (bicyclic) bond motifs is 18. The van der Waals surface area contributed by atoms with Crippen molar-refractivity contribution in [3.8, 4) is 33.4 Å². The summed E-state index contributed by atoms with van der Waals surface area (Å²) >= 11 is 0. The fraction of sp³-hybridized carbons (Fsp3) is 0.0233. The highest BCUT2D eigenvalue weighted by Crippen LogP contribution is 2.52. The second-order valence-electron chi connectivity index (χ2n) is 24.8. The lowest BCUT2D eigenvalue weighted by atomic mass is 9.94. The van der Waals surface area contributed by atoms with Crippen LogP contribution < -0.4 is 9.80 Å². The van der Waals surface area contributed by atoms with E-state index in [4.69, 9.17) is 8.83 Å². The summed E-state index contributed by atoms with van der Waals surface area (Å²) in [6.45, 7) is 4.41. The smallest absolute Gasteiger partial charge is 0.159 e. The summed E-state index contributed by atoms with van der Waals surface area (Å²) in [7, 11) is 0. The Labute approximate surface area is 528 Å². The van der Waals surface area contributed by atoms with E-state index in [1.54, 1.807) is 0 Å². The molecule has 20 rings (SSSR count). The first kappa shape index (κ1) is 50.8. The van der Waals surface area contributed by atoms with E-state index in [0.717, 1.165) is 117 Å². The van der Waals surface area contributed by atoms with E-state index in [0.29, 0.717) is 0 Å². The van der Waals surface area contributed by atoms with E-state index >= 15 is 0 Å². The number of benzene rings is 14. The predicted octanol–water partition coefficient (Wildman–Crippen LogP) is 24.3. The molecular weight excluding hydrogens is 1120 g/mol. The zero-order chi connectivity index (χ0) is 60.4. The monoisotopic (exact) mass is 1170 g/mol. The quantitative estimate of drug-likeness (QED) is 0.144. The number of anilines is 6. The van der Waals surface area contributed by atoms with Crippen molar-refractivity contribution in [1.29, 1.82) is 0 Å². The first-order valence-electron chi connectivity index (χ1n) is 31.6. The first-order chi connectivity index (χ1) is 45.5. The third kappa shape index (κ3) is 7.14. The summed E-state index contributed by atoms with van der Waals surface area (Å²) in [5, 5.41) is 14.2. The van der Waals surface area contributed by atoms with Crippen LogP contribution in [0.5, 0.6) is 0 Å². The molecule has 0 saturated heterocycles. The maximum absolute atomic E-state index is 6.95. The van der Waals surface area contributed by atoms with Gasteiger partial charge < -0.3 is 27.4 Å². The molecule has 0 unspecified atom stereocenters. The summed E-state index contributed by atoms with van der Waals surface area (Å²) in [5.74, 6) is 0. The average Bonchev–Trinajstić information content (AvgIpc) is 1.53. The van der Waals surface area contributed by atoms with Gasteiger partial charge in [-0.15, -0.1) is 0 Å². The van der Waals surface area contributed by atoms with Crippen molar-refractivity contribution in [1.82, 2.24) is 8.80 Å². The summed E-state index contributed by atoms with van der Waals surface area (Å²) in [6, 6.07) is 107. The Balaban J connectivity index is 0.806. The maximum atomic E-state index is 6.95. The Bertz CT molecular complexity index is 6410. The maximum Gasteiger partial charge on any atom is 0.159 e. The minimum atomic E-state index is 0.860. The van der Waals surface area contributed by atoms with Crippen LogP contribution in [0.4, 0.5) is 34.1 Å². The molecule has 14 aromatic carbocycles. The van der Waals surface area contributed by atoms with Crippen molar-refractivity contribution in [2.75, 3.05) is 9.80 Å². The molecule has 430 valence electrons. The van der Waals surface area contributed by atoms with Crippen molar-refractivity contribution >= 4 is 154 Å². The van der Waals surface area contributed by atoms with Gasteiger partial charge in [-0.25, -0.2) is 0 Å². The van der Waals surface area contributed by atoms with Gasteiger partial charge in [-0.05, 0) is 120 Å². The van der Waals surface area contributed by atoms with Crippen molar-refractivity contribution in [2.24, 2.45) is 0 Å². The average molecular weight is 1180 g/mol. The molecule has 6 aromatic heterocycles. The highest BCUT2D eigenvalue weighted by atomic mass is 16.3. The van der Waals surface area contributed by atoms with Crippen LogP contribution in [0.25, 0.3) is 153 Å². The molecule has 0 amide bonds. The number of aryl methyl sites for hydroxylation is 2. The molecular formula is C86H54N4O2. The number of hydrogen-bond donors (Lipinski definition) is 0. The standard InChI is InChI=1S/C86H54N4O2/c1-51-35-43-70-64-26-12-15-33-79(64)91-85(70)81(51)87(56-39-37-55(38-40-56)60-24-10-9-23-59(60)53-19-5-3-6-20-53)57-41-45-62-66-28-17-30-68-72-50-78-73(49-77(72)89(83(66)68)75(62)47-57)69-31-18-29-67-63-46-42-58(48-76(63)90(78)84(67)69)88(74-32-14-11-25-61(74)54-21-7-4-8-22-54)82-52(2)36-44-71-65-27-13-16-34-80(65)92-86(71)82/h3-50H,1-2H3. The van der Waals surface area contributed by atoms with Crippen LogP contribution in [0.1, 0.15) is 11.1 Å². The molecule has 6 heteroatoms. The number of hydrogen-bond acceptors (Lipinski definition) is 4. The summed E-state index contributed by atoms with van der Waals surface area (Å²) < 4.78 is 19.0. The highest BCUT2D eigenvalue weighted by molar-refractivity contribution is 6.29. The fourth-order valence-corrected chi connectivity index (χ4v) is 15.7. The molecule has 0 aliphatic heterocycles. The number of para-hydroxylation sites is 5.